The third-order valence-electron chi connectivity index (χ3n) is 2.50. The number of aliphatic hydroxyl groups excluding tert-OH is 1. The molecular formula is C14H13BrN2O2. The molecule has 2 amide bonds. The van der Waals surface area contributed by atoms with Gasteiger partial charge in [0.1, 0.15) is 0 Å². The van der Waals surface area contributed by atoms with Gasteiger partial charge in [0.25, 0.3) is 0 Å². The van der Waals surface area contributed by atoms with Gasteiger partial charge in [-0.25, -0.2) is 4.79 Å². The molecular weight excluding hydrogens is 308 g/mol. The minimum Gasteiger partial charge on any atom is -0.392 e. The zero-order chi connectivity index (χ0) is 13.7. The molecule has 98 valence electrons. The van der Waals surface area contributed by atoms with Crippen LogP contribution in [0.15, 0.2) is 53.0 Å². The van der Waals surface area contributed by atoms with E-state index in [9.17, 15) is 4.79 Å². The molecule has 3 N–H and O–H groups in total. The van der Waals surface area contributed by atoms with E-state index in [2.05, 4.69) is 26.6 Å². The topological polar surface area (TPSA) is 61.4 Å². The number of benzene rings is 2. The number of aliphatic hydroxyl groups is 1. The SMILES string of the molecule is O=C(Nc1ccc(Br)cc1)Nc1ccc(CO)cc1. The molecule has 0 aromatic heterocycles. The fourth-order valence-corrected chi connectivity index (χ4v) is 1.78. The second-order valence-electron chi connectivity index (χ2n) is 3.94. The number of urea groups is 1. The van der Waals surface area contributed by atoms with Crippen LogP contribution in [0.2, 0.25) is 0 Å². The number of amides is 2. The Morgan fingerprint density at radius 1 is 0.947 bits per heavy atom. The quantitative estimate of drug-likeness (QED) is 0.809. The zero-order valence-corrected chi connectivity index (χ0v) is 11.6. The maximum absolute atomic E-state index is 11.7. The standard InChI is InChI=1S/C14H13BrN2O2/c15-11-3-7-13(8-4-11)17-14(19)16-12-5-1-10(9-18)2-6-12/h1-8,18H,9H2,(H2,16,17,19). The third-order valence-corrected chi connectivity index (χ3v) is 3.03. The monoisotopic (exact) mass is 320 g/mol. The lowest BCUT2D eigenvalue weighted by Gasteiger charge is -2.08. The molecule has 0 saturated carbocycles. The molecule has 0 aliphatic carbocycles. The summed E-state index contributed by atoms with van der Waals surface area (Å²) in [7, 11) is 0. The van der Waals surface area contributed by atoms with Gasteiger partial charge in [-0.05, 0) is 42.0 Å². The molecule has 19 heavy (non-hydrogen) atoms. The number of nitrogens with one attached hydrogen (secondary N) is 2. The molecule has 2 aromatic rings. The molecule has 0 atom stereocenters. The summed E-state index contributed by atoms with van der Waals surface area (Å²) in [6.45, 7) is -0.00856. The Bertz CT molecular complexity index is 553. The highest BCUT2D eigenvalue weighted by molar-refractivity contribution is 9.10. The maximum atomic E-state index is 11.7. The Kier molecular flexibility index (Phi) is 4.54. The summed E-state index contributed by atoms with van der Waals surface area (Å²) in [5.41, 5.74) is 2.19. The summed E-state index contributed by atoms with van der Waals surface area (Å²) >= 11 is 3.33. The average Bonchev–Trinajstić information content (AvgIpc) is 2.42. The van der Waals surface area contributed by atoms with E-state index < -0.39 is 0 Å². The molecule has 0 bridgehead atoms. The molecule has 0 radical (unpaired) electrons. The minimum atomic E-state index is -0.306. The molecule has 0 heterocycles. The number of anilines is 2. The summed E-state index contributed by atoms with van der Waals surface area (Å²) in [4.78, 5) is 11.7. The van der Waals surface area contributed by atoms with Crippen LogP contribution in [0.4, 0.5) is 16.2 Å². The van der Waals surface area contributed by atoms with Crippen LogP contribution in [0.25, 0.3) is 0 Å². The lowest BCUT2D eigenvalue weighted by Crippen LogP contribution is -2.19. The number of halogens is 1. The molecule has 0 saturated heterocycles. The van der Waals surface area contributed by atoms with Gasteiger partial charge in [0.15, 0.2) is 0 Å². The number of carbonyl (C=O) groups excluding carboxylic acids is 1. The molecule has 2 rings (SSSR count). The third kappa shape index (κ3) is 4.08. The lowest BCUT2D eigenvalue weighted by atomic mass is 10.2. The smallest absolute Gasteiger partial charge is 0.323 e. The van der Waals surface area contributed by atoms with E-state index in [1.54, 1.807) is 36.4 Å². The van der Waals surface area contributed by atoms with Gasteiger partial charge in [-0.3, -0.25) is 0 Å². The first-order valence-corrected chi connectivity index (χ1v) is 6.50. The number of hydrogen-bond acceptors (Lipinski definition) is 2. The van der Waals surface area contributed by atoms with E-state index >= 15 is 0 Å². The Labute approximate surface area is 119 Å². The van der Waals surface area contributed by atoms with E-state index in [1.807, 2.05) is 12.1 Å². The van der Waals surface area contributed by atoms with Gasteiger partial charge in [-0.1, -0.05) is 28.1 Å². The predicted octanol–water partition coefficient (Wildman–Crippen LogP) is 3.59. The zero-order valence-electron chi connectivity index (χ0n) is 10.1. The van der Waals surface area contributed by atoms with Crippen molar-refractivity contribution in [3.05, 3.63) is 58.6 Å². The second-order valence-corrected chi connectivity index (χ2v) is 4.86. The Morgan fingerprint density at radius 3 is 1.89 bits per heavy atom. The van der Waals surface area contributed by atoms with Crippen LogP contribution in [0.1, 0.15) is 5.56 Å². The maximum Gasteiger partial charge on any atom is 0.323 e. The Balaban J connectivity index is 1.95. The minimum absolute atomic E-state index is 0.00856. The van der Waals surface area contributed by atoms with Crippen molar-refractivity contribution in [2.75, 3.05) is 10.6 Å². The molecule has 5 heteroatoms. The fourth-order valence-electron chi connectivity index (χ4n) is 1.52. The van der Waals surface area contributed by atoms with Crippen LogP contribution >= 0.6 is 15.9 Å². The van der Waals surface area contributed by atoms with E-state index in [4.69, 9.17) is 5.11 Å². The summed E-state index contributed by atoms with van der Waals surface area (Å²) in [5.74, 6) is 0. The first-order chi connectivity index (χ1) is 9.17. The summed E-state index contributed by atoms with van der Waals surface area (Å²) in [6, 6.07) is 14.0. The molecule has 0 spiro atoms. The van der Waals surface area contributed by atoms with Crippen LogP contribution < -0.4 is 10.6 Å². The van der Waals surface area contributed by atoms with Crippen molar-refractivity contribution in [3.63, 3.8) is 0 Å². The largest absolute Gasteiger partial charge is 0.392 e. The van der Waals surface area contributed by atoms with Crippen molar-refractivity contribution in [1.29, 1.82) is 0 Å². The fraction of sp³-hybridized carbons (Fsp3) is 0.0714. The predicted molar refractivity (Wildman–Crippen MR) is 79.1 cm³/mol. The Morgan fingerprint density at radius 2 is 1.42 bits per heavy atom. The van der Waals surface area contributed by atoms with Gasteiger partial charge in [-0.15, -0.1) is 0 Å². The van der Waals surface area contributed by atoms with Gasteiger partial charge < -0.3 is 15.7 Å². The lowest BCUT2D eigenvalue weighted by molar-refractivity contribution is 0.262. The van der Waals surface area contributed by atoms with Crippen molar-refractivity contribution in [2.45, 2.75) is 6.61 Å². The van der Waals surface area contributed by atoms with E-state index in [0.29, 0.717) is 11.4 Å². The van der Waals surface area contributed by atoms with Crippen molar-refractivity contribution >= 4 is 33.3 Å². The van der Waals surface area contributed by atoms with Gasteiger partial charge in [0.2, 0.25) is 0 Å². The van der Waals surface area contributed by atoms with Gasteiger partial charge in [0.05, 0.1) is 6.61 Å². The average molecular weight is 321 g/mol. The summed E-state index contributed by atoms with van der Waals surface area (Å²) in [5, 5.41) is 14.4. The number of carbonyl (C=O) groups is 1. The van der Waals surface area contributed by atoms with Crippen LogP contribution in [0.5, 0.6) is 0 Å². The van der Waals surface area contributed by atoms with Crippen LogP contribution in [-0.2, 0) is 6.61 Å². The molecule has 2 aromatic carbocycles. The molecule has 0 aliphatic rings. The van der Waals surface area contributed by atoms with Crippen molar-refractivity contribution in [1.82, 2.24) is 0 Å². The van der Waals surface area contributed by atoms with Crippen molar-refractivity contribution in [2.24, 2.45) is 0 Å². The highest BCUT2D eigenvalue weighted by Gasteiger charge is 2.02. The summed E-state index contributed by atoms with van der Waals surface area (Å²) < 4.78 is 0.957. The van der Waals surface area contributed by atoms with Crippen LogP contribution in [0, 0.1) is 0 Å². The molecule has 4 nitrogen and oxygen atoms in total. The van der Waals surface area contributed by atoms with Crippen LogP contribution in [-0.4, -0.2) is 11.1 Å². The number of hydrogen-bond donors (Lipinski definition) is 3. The van der Waals surface area contributed by atoms with Crippen molar-refractivity contribution < 1.29 is 9.90 Å². The highest BCUT2D eigenvalue weighted by Crippen LogP contribution is 2.15. The molecule has 0 unspecified atom stereocenters. The second kappa shape index (κ2) is 6.36. The first kappa shape index (κ1) is 13.6. The van der Waals surface area contributed by atoms with E-state index in [-0.39, 0.29) is 12.6 Å². The first-order valence-electron chi connectivity index (χ1n) is 5.71. The van der Waals surface area contributed by atoms with Crippen LogP contribution in [0.3, 0.4) is 0 Å². The normalized spacial score (nSPS) is 10.0. The van der Waals surface area contributed by atoms with Gasteiger partial charge in [0, 0.05) is 15.8 Å². The number of rotatable bonds is 3. The molecule has 0 aliphatic heterocycles. The molecule has 0 fully saturated rings. The van der Waals surface area contributed by atoms with E-state index in [1.165, 1.54) is 0 Å². The van der Waals surface area contributed by atoms with E-state index in [0.717, 1.165) is 10.0 Å². The highest BCUT2D eigenvalue weighted by atomic mass is 79.9. The van der Waals surface area contributed by atoms with Gasteiger partial charge >= 0.3 is 6.03 Å². The Hall–Kier alpha value is -1.85. The van der Waals surface area contributed by atoms with Gasteiger partial charge in [-0.2, -0.15) is 0 Å². The van der Waals surface area contributed by atoms with Crippen molar-refractivity contribution in [3.8, 4) is 0 Å². The summed E-state index contributed by atoms with van der Waals surface area (Å²) in [6.07, 6.45) is 0.